The third-order valence-corrected chi connectivity index (χ3v) is 3.95. The minimum absolute atomic E-state index is 0.286. The molecule has 1 heterocycles. The molecule has 0 atom stereocenters. The summed E-state index contributed by atoms with van der Waals surface area (Å²) in [5.41, 5.74) is 2.12. The highest BCUT2D eigenvalue weighted by Crippen LogP contribution is 2.21. The van der Waals surface area contributed by atoms with E-state index in [0.717, 1.165) is 5.69 Å². The number of aryl methyl sites for hydroxylation is 1. The lowest BCUT2D eigenvalue weighted by Crippen LogP contribution is -2.12. The van der Waals surface area contributed by atoms with Crippen molar-refractivity contribution in [3.8, 4) is 0 Å². The van der Waals surface area contributed by atoms with E-state index in [1.54, 1.807) is 24.4 Å². The summed E-state index contributed by atoms with van der Waals surface area (Å²) in [5, 5.41) is 8.05. The fraction of sp³-hybridized carbons (Fsp3) is 0.0588. The first kappa shape index (κ1) is 15.2. The molecule has 0 saturated heterocycles. The molecule has 0 saturated carbocycles. The maximum atomic E-state index is 13.5. The van der Waals surface area contributed by atoms with Gasteiger partial charge in [-0.05, 0) is 36.8 Å². The van der Waals surface area contributed by atoms with Gasteiger partial charge in [0, 0.05) is 16.8 Å². The number of nitrogens with zero attached hydrogens (tertiary/aromatic N) is 1. The van der Waals surface area contributed by atoms with Gasteiger partial charge in [-0.25, -0.2) is 9.37 Å². The van der Waals surface area contributed by atoms with Gasteiger partial charge in [0.05, 0.1) is 0 Å². The van der Waals surface area contributed by atoms with Gasteiger partial charge in [0.15, 0.2) is 5.13 Å². The number of hydrogen-bond donors (Lipinski definition) is 2. The number of hydrogen-bond acceptors (Lipinski definition) is 4. The number of halogens is 1. The summed E-state index contributed by atoms with van der Waals surface area (Å²) in [5.74, 6) is -0.724. The average Bonchev–Trinajstić information content (AvgIpc) is 3.00. The van der Waals surface area contributed by atoms with E-state index in [1.165, 1.54) is 17.4 Å². The fourth-order valence-corrected chi connectivity index (χ4v) is 2.66. The van der Waals surface area contributed by atoms with Crippen LogP contribution in [-0.2, 0) is 0 Å². The average molecular weight is 327 g/mol. The molecule has 1 amide bonds. The highest BCUT2D eigenvalue weighted by atomic mass is 32.1. The first-order valence-corrected chi connectivity index (χ1v) is 7.85. The van der Waals surface area contributed by atoms with Crippen LogP contribution in [0.2, 0.25) is 0 Å². The molecular formula is C17H14FN3OS. The molecule has 0 bridgehead atoms. The lowest BCUT2D eigenvalue weighted by molar-refractivity contribution is 0.102. The maximum absolute atomic E-state index is 13.5. The first-order valence-electron chi connectivity index (χ1n) is 6.97. The predicted octanol–water partition coefficient (Wildman–Crippen LogP) is 4.59. The summed E-state index contributed by atoms with van der Waals surface area (Å²) in [6, 6.07) is 14.1. The Balaban J connectivity index is 1.69. The number of aromatic nitrogens is 1. The normalized spacial score (nSPS) is 10.3. The van der Waals surface area contributed by atoms with E-state index in [2.05, 4.69) is 15.6 Å². The quantitative estimate of drug-likeness (QED) is 0.737. The molecule has 2 aromatic carbocycles. The van der Waals surface area contributed by atoms with E-state index >= 15 is 0 Å². The zero-order valence-corrected chi connectivity index (χ0v) is 13.2. The van der Waals surface area contributed by atoms with Crippen LogP contribution in [0.25, 0.3) is 0 Å². The summed E-state index contributed by atoms with van der Waals surface area (Å²) in [6.45, 7) is 1.67. The Hall–Kier alpha value is -2.73. The van der Waals surface area contributed by atoms with Crippen molar-refractivity contribution in [3.63, 3.8) is 0 Å². The van der Waals surface area contributed by atoms with Crippen molar-refractivity contribution < 1.29 is 9.18 Å². The molecule has 0 unspecified atom stereocenters. The summed E-state index contributed by atoms with van der Waals surface area (Å²) < 4.78 is 13.5. The molecular weight excluding hydrogens is 313 g/mol. The molecule has 1 aromatic heterocycles. The molecule has 0 fully saturated rings. The van der Waals surface area contributed by atoms with E-state index in [0.29, 0.717) is 16.4 Å². The number of para-hydroxylation sites is 1. The SMILES string of the molecule is Cc1ccc(NC(=O)c2csc(Nc3ccccc3)n2)cc1F. The highest BCUT2D eigenvalue weighted by Gasteiger charge is 2.12. The Kier molecular flexibility index (Phi) is 4.34. The van der Waals surface area contributed by atoms with Gasteiger partial charge in [0.1, 0.15) is 11.5 Å². The van der Waals surface area contributed by atoms with E-state index in [-0.39, 0.29) is 17.4 Å². The monoisotopic (exact) mass is 327 g/mol. The summed E-state index contributed by atoms with van der Waals surface area (Å²) >= 11 is 1.33. The number of anilines is 3. The molecule has 2 N–H and O–H groups in total. The molecule has 4 nitrogen and oxygen atoms in total. The van der Waals surface area contributed by atoms with E-state index in [4.69, 9.17) is 0 Å². The van der Waals surface area contributed by atoms with Gasteiger partial charge >= 0.3 is 0 Å². The number of carbonyl (C=O) groups excluding carboxylic acids is 1. The van der Waals surface area contributed by atoms with E-state index in [9.17, 15) is 9.18 Å². The zero-order valence-electron chi connectivity index (χ0n) is 12.3. The number of carbonyl (C=O) groups is 1. The number of benzene rings is 2. The van der Waals surface area contributed by atoms with Crippen LogP contribution < -0.4 is 10.6 Å². The van der Waals surface area contributed by atoms with E-state index < -0.39 is 0 Å². The molecule has 0 aliphatic carbocycles. The lowest BCUT2D eigenvalue weighted by Gasteiger charge is -2.04. The van der Waals surface area contributed by atoms with Crippen LogP contribution in [0.15, 0.2) is 53.9 Å². The summed E-state index contributed by atoms with van der Waals surface area (Å²) in [4.78, 5) is 16.4. The van der Waals surface area contributed by atoms with E-state index in [1.807, 2.05) is 30.3 Å². The molecule has 0 aliphatic rings. The lowest BCUT2D eigenvalue weighted by atomic mass is 10.2. The third-order valence-electron chi connectivity index (χ3n) is 3.19. The largest absolute Gasteiger partial charge is 0.332 e. The number of nitrogens with one attached hydrogen (secondary N) is 2. The van der Waals surface area contributed by atoms with Gasteiger partial charge in [0.2, 0.25) is 0 Å². The van der Waals surface area contributed by atoms with Gasteiger partial charge in [-0.2, -0.15) is 0 Å². The van der Waals surface area contributed by atoms with Crippen molar-refractivity contribution in [3.05, 3.63) is 71.0 Å². The van der Waals surface area contributed by atoms with Crippen LogP contribution in [0.4, 0.5) is 20.9 Å². The Morgan fingerprint density at radius 2 is 1.91 bits per heavy atom. The van der Waals surface area contributed by atoms with Crippen molar-refractivity contribution in [2.75, 3.05) is 10.6 Å². The second-order valence-electron chi connectivity index (χ2n) is 4.95. The fourth-order valence-electron chi connectivity index (χ4n) is 1.95. The van der Waals surface area contributed by atoms with Gasteiger partial charge in [-0.15, -0.1) is 11.3 Å². The van der Waals surface area contributed by atoms with Crippen LogP contribution in [0.3, 0.4) is 0 Å². The van der Waals surface area contributed by atoms with Gasteiger partial charge < -0.3 is 10.6 Å². The van der Waals surface area contributed by atoms with Crippen LogP contribution in [0.5, 0.6) is 0 Å². The first-order chi connectivity index (χ1) is 11.1. The van der Waals surface area contributed by atoms with Crippen molar-refractivity contribution in [2.24, 2.45) is 0 Å². The highest BCUT2D eigenvalue weighted by molar-refractivity contribution is 7.14. The maximum Gasteiger partial charge on any atom is 0.275 e. The minimum Gasteiger partial charge on any atom is -0.332 e. The van der Waals surface area contributed by atoms with Crippen molar-refractivity contribution in [1.82, 2.24) is 4.98 Å². The number of thiazole rings is 1. The predicted molar refractivity (Wildman–Crippen MR) is 90.9 cm³/mol. The van der Waals surface area contributed by atoms with Crippen molar-refractivity contribution in [1.29, 1.82) is 0 Å². The molecule has 3 rings (SSSR count). The topological polar surface area (TPSA) is 54.0 Å². The summed E-state index contributed by atoms with van der Waals surface area (Å²) in [6.07, 6.45) is 0. The minimum atomic E-state index is -0.370. The van der Waals surface area contributed by atoms with Crippen molar-refractivity contribution in [2.45, 2.75) is 6.92 Å². The van der Waals surface area contributed by atoms with Gasteiger partial charge in [-0.1, -0.05) is 24.3 Å². The summed E-state index contributed by atoms with van der Waals surface area (Å²) in [7, 11) is 0. The van der Waals surface area contributed by atoms with Crippen LogP contribution in [0.1, 0.15) is 16.1 Å². The zero-order chi connectivity index (χ0) is 16.2. The Morgan fingerprint density at radius 1 is 1.13 bits per heavy atom. The molecule has 0 spiro atoms. The second-order valence-corrected chi connectivity index (χ2v) is 5.81. The smallest absolute Gasteiger partial charge is 0.275 e. The standard InChI is InChI=1S/C17H14FN3OS/c1-11-7-8-13(9-14(11)18)19-16(22)15-10-23-17(21-15)20-12-5-3-2-4-6-12/h2-10H,1H3,(H,19,22)(H,20,21). The van der Waals surface area contributed by atoms with Gasteiger partial charge in [-0.3, -0.25) is 4.79 Å². The Morgan fingerprint density at radius 3 is 2.65 bits per heavy atom. The second kappa shape index (κ2) is 6.58. The molecule has 3 aromatic rings. The van der Waals surface area contributed by atoms with Crippen molar-refractivity contribution >= 4 is 33.8 Å². The van der Waals surface area contributed by atoms with Crippen LogP contribution in [-0.4, -0.2) is 10.9 Å². The third kappa shape index (κ3) is 3.73. The molecule has 0 radical (unpaired) electrons. The van der Waals surface area contributed by atoms with Crippen LogP contribution >= 0.6 is 11.3 Å². The molecule has 116 valence electrons. The molecule has 0 aliphatic heterocycles. The molecule has 23 heavy (non-hydrogen) atoms. The Bertz CT molecular complexity index is 833. The number of amides is 1. The van der Waals surface area contributed by atoms with Crippen LogP contribution in [0, 0.1) is 12.7 Å². The number of rotatable bonds is 4. The van der Waals surface area contributed by atoms with Gasteiger partial charge in [0.25, 0.3) is 5.91 Å². The Labute approximate surface area is 137 Å². The molecule has 6 heteroatoms.